The van der Waals surface area contributed by atoms with Crippen molar-refractivity contribution in [2.24, 2.45) is 5.14 Å². The molecular weight excluding hydrogens is 388 g/mol. The molecule has 1 heterocycles. The number of nitrogens with one attached hydrogen (secondary N) is 1. The highest BCUT2D eigenvalue weighted by atomic mass is 35.5. The van der Waals surface area contributed by atoms with Crippen molar-refractivity contribution in [3.8, 4) is 16.9 Å². The molecule has 3 aromatic rings. The Morgan fingerprint density at radius 1 is 1.15 bits per heavy atom. The molecular formula is C18H17ClN4O3S. The highest BCUT2D eigenvalue weighted by Crippen LogP contribution is 2.26. The van der Waals surface area contributed by atoms with Gasteiger partial charge in [0.1, 0.15) is 0 Å². The highest BCUT2D eigenvalue weighted by molar-refractivity contribution is 7.89. The van der Waals surface area contributed by atoms with E-state index in [4.69, 9.17) is 16.7 Å². The Morgan fingerprint density at radius 3 is 2.33 bits per heavy atom. The summed E-state index contributed by atoms with van der Waals surface area (Å²) in [6.07, 6.45) is 0. The van der Waals surface area contributed by atoms with E-state index in [-0.39, 0.29) is 16.5 Å². The smallest absolute Gasteiger partial charge is 0.271 e. The summed E-state index contributed by atoms with van der Waals surface area (Å²) in [6.45, 7) is 2.30. The lowest BCUT2D eigenvalue weighted by molar-refractivity contribution is 0.0950. The number of sulfonamides is 1. The summed E-state index contributed by atoms with van der Waals surface area (Å²) < 4.78 is 24.5. The molecule has 2 aromatic carbocycles. The van der Waals surface area contributed by atoms with Crippen molar-refractivity contribution >= 4 is 27.5 Å². The molecule has 1 amide bonds. The van der Waals surface area contributed by atoms with Crippen molar-refractivity contribution in [2.75, 3.05) is 6.54 Å². The van der Waals surface area contributed by atoms with Crippen LogP contribution in [0.4, 0.5) is 0 Å². The van der Waals surface area contributed by atoms with E-state index in [1.807, 2.05) is 19.1 Å². The van der Waals surface area contributed by atoms with Crippen molar-refractivity contribution in [2.45, 2.75) is 11.8 Å². The number of halogens is 1. The molecule has 0 atom stereocenters. The van der Waals surface area contributed by atoms with Crippen LogP contribution in [-0.4, -0.2) is 30.7 Å². The normalized spacial score (nSPS) is 11.4. The highest BCUT2D eigenvalue weighted by Gasteiger charge is 2.17. The fraction of sp³-hybridized carbons (Fsp3) is 0.111. The Morgan fingerprint density at radius 2 is 1.78 bits per heavy atom. The van der Waals surface area contributed by atoms with E-state index in [0.717, 1.165) is 5.56 Å². The molecule has 3 N–H and O–H groups in total. The molecule has 140 valence electrons. The van der Waals surface area contributed by atoms with Gasteiger partial charge in [0, 0.05) is 17.1 Å². The van der Waals surface area contributed by atoms with Crippen molar-refractivity contribution in [3.63, 3.8) is 0 Å². The third-order valence-electron chi connectivity index (χ3n) is 3.83. The zero-order valence-electron chi connectivity index (χ0n) is 14.4. The van der Waals surface area contributed by atoms with Gasteiger partial charge in [-0.25, -0.2) is 18.2 Å². The van der Waals surface area contributed by atoms with Gasteiger partial charge in [0.15, 0.2) is 5.69 Å². The third kappa shape index (κ3) is 4.19. The second-order valence-electron chi connectivity index (χ2n) is 5.73. The number of benzene rings is 2. The minimum Gasteiger partial charge on any atom is -0.351 e. The second kappa shape index (κ2) is 7.51. The molecule has 3 rings (SSSR count). The summed E-state index contributed by atoms with van der Waals surface area (Å²) in [4.78, 5) is 12.2. The van der Waals surface area contributed by atoms with Gasteiger partial charge in [-0.1, -0.05) is 23.7 Å². The number of primary sulfonamides is 1. The largest absolute Gasteiger partial charge is 0.351 e. The van der Waals surface area contributed by atoms with Crippen molar-refractivity contribution < 1.29 is 13.2 Å². The zero-order valence-corrected chi connectivity index (χ0v) is 16.0. The van der Waals surface area contributed by atoms with Gasteiger partial charge < -0.3 is 5.32 Å². The van der Waals surface area contributed by atoms with Gasteiger partial charge >= 0.3 is 0 Å². The van der Waals surface area contributed by atoms with Crippen LogP contribution in [-0.2, 0) is 10.0 Å². The quantitative estimate of drug-likeness (QED) is 0.681. The van der Waals surface area contributed by atoms with Crippen molar-refractivity contribution in [1.29, 1.82) is 0 Å². The average Bonchev–Trinajstić information content (AvgIpc) is 3.07. The van der Waals surface area contributed by atoms with Gasteiger partial charge in [0.25, 0.3) is 5.91 Å². The number of nitrogens with two attached hydrogens (primary N) is 1. The van der Waals surface area contributed by atoms with E-state index in [1.54, 1.807) is 35.0 Å². The number of nitrogens with zero attached hydrogens (tertiary/aromatic N) is 2. The lowest BCUT2D eigenvalue weighted by Gasteiger charge is -2.08. The number of aromatic nitrogens is 2. The molecule has 0 saturated heterocycles. The van der Waals surface area contributed by atoms with E-state index in [9.17, 15) is 13.2 Å². The van der Waals surface area contributed by atoms with Crippen LogP contribution in [0.3, 0.4) is 0 Å². The fourth-order valence-electron chi connectivity index (χ4n) is 2.54. The van der Waals surface area contributed by atoms with Gasteiger partial charge in [-0.15, -0.1) is 0 Å². The second-order valence-corrected chi connectivity index (χ2v) is 7.73. The first-order chi connectivity index (χ1) is 12.8. The molecule has 27 heavy (non-hydrogen) atoms. The van der Waals surface area contributed by atoms with Crippen LogP contribution < -0.4 is 10.5 Å². The molecule has 0 saturated carbocycles. The molecule has 0 bridgehead atoms. The maximum absolute atomic E-state index is 12.2. The Hall–Kier alpha value is -2.68. The molecule has 0 radical (unpaired) electrons. The third-order valence-corrected chi connectivity index (χ3v) is 5.01. The molecule has 0 aliphatic heterocycles. The van der Waals surface area contributed by atoms with E-state index in [0.29, 0.717) is 22.9 Å². The summed E-state index contributed by atoms with van der Waals surface area (Å²) in [5.41, 5.74) is 2.30. The van der Waals surface area contributed by atoms with E-state index in [2.05, 4.69) is 10.4 Å². The van der Waals surface area contributed by atoms with Crippen LogP contribution in [0.15, 0.2) is 59.5 Å². The molecule has 9 heteroatoms. The summed E-state index contributed by atoms with van der Waals surface area (Å²) in [6, 6.07) is 14.7. The zero-order chi connectivity index (χ0) is 19.6. The van der Waals surface area contributed by atoms with Crippen LogP contribution in [0.5, 0.6) is 0 Å². The molecule has 0 spiro atoms. The van der Waals surface area contributed by atoms with E-state index in [1.165, 1.54) is 12.1 Å². The predicted molar refractivity (Wildman–Crippen MR) is 103 cm³/mol. The topological polar surface area (TPSA) is 107 Å². The van der Waals surface area contributed by atoms with E-state index >= 15 is 0 Å². The van der Waals surface area contributed by atoms with Gasteiger partial charge in [0.05, 0.1) is 16.3 Å². The van der Waals surface area contributed by atoms with Gasteiger partial charge in [0.2, 0.25) is 10.0 Å². The summed E-state index contributed by atoms with van der Waals surface area (Å²) in [7, 11) is -3.79. The molecule has 0 aliphatic carbocycles. The monoisotopic (exact) mass is 404 g/mol. The number of carbonyl (C=O) groups is 1. The Balaban J connectivity index is 2.12. The summed E-state index contributed by atoms with van der Waals surface area (Å²) in [5, 5.41) is 12.8. The van der Waals surface area contributed by atoms with Crippen LogP contribution >= 0.6 is 11.6 Å². The minimum absolute atomic E-state index is 0.00426. The van der Waals surface area contributed by atoms with Crippen molar-refractivity contribution in [1.82, 2.24) is 15.1 Å². The molecule has 0 fully saturated rings. The maximum atomic E-state index is 12.2. The van der Waals surface area contributed by atoms with E-state index < -0.39 is 10.0 Å². The molecule has 0 aliphatic rings. The molecule has 0 unspecified atom stereocenters. The van der Waals surface area contributed by atoms with Crippen LogP contribution in [0.2, 0.25) is 5.02 Å². The number of hydrogen-bond donors (Lipinski definition) is 2. The molecule has 7 nitrogen and oxygen atoms in total. The molecule has 1 aromatic heterocycles. The minimum atomic E-state index is -3.79. The SMILES string of the molecule is CCNC(=O)c1cc(-c2ccc(Cl)cc2)n(-c2ccc(S(N)(=O)=O)cc2)n1. The first kappa shape index (κ1) is 19.1. The van der Waals surface area contributed by atoms with Crippen LogP contribution in [0.1, 0.15) is 17.4 Å². The lowest BCUT2D eigenvalue weighted by Crippen LogP contribution is -2.23. The lowest BCUT2D eigenvalue weighted by atomic mass is 10.1. The fourth-order valence-corrected chi connectivity index (χ4v) is 3.18. The Bertz CT molecular complexity index is 1070. The first-order valence-electron chi connectivity index (χ1n) is 8.07. The van der Waals surface area contributed by atoms with Crippen LogP contribution in [0.25, 0.3) is 16.9 Å². The maximum Gasteiger partial charge on any atom is 0.271 e. The van der Waals surface area contributed by atoms with Gasteiger partial charge in [-0.05, 0) is 49.4 Å². The van der Waals surface area contributed by atoms with Gasteiger partial charge in [-0.2, -0.15) is 5.10 Å². The number of amides is 1. The summed E-state index contributed by atoms with van der Waals surface area (Å²) >= 11 is 5.96. The average molecular weight is 405 g/mol. The van der Waals surface area contributed by atoms with Crippen LogP contribution in [0, 0.1) is 0 Å². The van der Waals surface area contributed by atoms with Crippen molar-refractivity contribution in [3.05, 3.63) is 65.3 Å². The predicted octanol–water partition coefficient (Wildman–Crippen LogP) is 2.59. The summed E-state index contributed by atoms with van der Waals surface area (Å²) in [5.74, 6) is -0.299. The number of hydrogen-bond acceptors (Lipinski definition) is 4. The number of carbonyl (C=O) groups excluding carboxylic acids is 1. The Kier molecular flexibility index (Phi) is 5.31. The number of rotatable bonds is 5. The van der Waals surface area contributed by atoms with Gasteiger partial charge in [-0.3, -0.25) is 4.79 Å². The Labute approximate surface area is 161 Å². The first-order valence-corrected chi connectivity index (χ1v) is 9.99. The standard InChI is InChI=1S/C18H17ClN4O3S/c1-2-21-18(24)16-11-17(12-3-5-13(19)6-4-12)23(22-16)14-7-9-15(10-8-14)27(20,25)26/h3-11H,2H2,1H3,(H,21,24)(H2,20,25,26).